The van der Waals surface area contributed by atoms with E-state index in [0.29, 0.717) is 24.0 Å². The third-order valence-corrected chi connectivity index (χ3v) is 4.17. The predicted octanol–water partition coefficient (Wildman–Crippen LogP) is 0.758. The maximum absolute atomic E-state index is 11.6. The first-order valence-electron chi connectivity index (χ1n) is 6.86. The Morgan fingerprint density at radius 3 is 2.50 bits per heavy atom. The lowest BCUT2D eigenvalue weighted by atomic mass is 10.2. The highest BCUT2D eigenvalue weighted by atomic mass is 32.2. The first-order valence-corrected chi connectivity index (χ1v) is 8.01. The number of carbonyl (C=O) groups excluding carboxylic acids is 2. The number of hydrogen-bond donors (Lipinski definition) is 3. The number of carboxylic acid groups (broad SMARTS) is 1. The number of carboxylic acids is 1. The number of aliphatic carboxylic acids is 1. The highest BCUT2D eigenvalue weighted by Gasteiger charge is 2.19. The monoisotopic (exact) mass is 302 g/mol. The van der Waals surface area contributed by atoms with Gasteiger partial charge < -0.3 is 15.7 Å². The molecule has 0 bridgehead atoms. The van der Waals surface area contributed by atoms with E-state index in [1.165, 1.54) is 31.5 Å². The summed E-state index contributed by atoms with van der Waals surface area (Å²) in [7, 11) is 0. The number of hydrogen-bond acceptors (Lipinski definition) is 4. The van der Waals surface area contributed by atoms with E-state index in [2.05, 4.69) is 10.6 Å². The van der Waals surface area contributed by atoms with E-state index in [-0.39, 0.29) is 11.8 Å². The van der Waals surface area contributed by atoms with Crippen molar-refractivity contribution in [2.45, 2.75) is 51.1 Å². The summed E-state index contributed by atoms with van der Waals surface area (Å²) in [6.45, 7) is 1.29. The molecular formula is C13H22N2O4S. The molecule has 0 saturated heterocycles. The molecule has 7 heteroatoms. The van der Waals surface area contributed by atoms with E-state index >= 15 is 0 Å². The molecule has 1 saturated carbocycles. The summed E-state index contributed by atoms with van der Waals surface area (Å²) in [5.74, 6) is -0.538. The van der Waals surface area contributed by atoms with E-state index in [1.54, 1.807) is 0 Å². The zero-order valence-corrected chi connectivity index (χ0v) is 12.5. The fourth-order valence-electron chi connectivity index (χ4n) is 2.21. The molecule has 0 spiro atoms. The van der Waals surface area contributed by atoms with Crippen molar-refractivity contribution in [2.75, 3.05) is 11.5 Å². The zero-order chi connectivity index (χ0) is 15.0. The average Bonchev–Trinajstić information content (AvgIpc) is 2.85. The first-order chi connectivity index (χ1) is 9.49. The van der Waals surface area contributed by atoms with E-state index in [0.717, 1.165) is 12.8 Å². The quantitative estimate of drug-likeness (QED) is 0.575. The Morgan fingerprint density at radius 1 is 1.30 bits per heavy atom. The lowest BCUT2D eigenvalue weighted by molar-refractivity contribution is -0.141. The second-order valence-electron chi connectivity index (χ2n) is 4.98. The van der Waals surface area contributed by atoms with Crippen molar-refractivity contribution in [3.8, 4) is 0 Å². The fourth-order valence-corrected chi connectivity index (χ4v) is 3.02. The van der Waals surface area contributed by atoms with E-state index < -0.39 is 12.0 Å². The van der Waals surface area contributed by atoms with Crippen LogP contribution in [0.4, 0.5) is 0 Å². The van der Waals surface area contributed by atoms with Crippen molar-refractivity contribution in [1.29, 1.82) is 0 Å². The highest BCUT2D eigenvalue weighted by molar-refractivity contribution is 7.99. The van der Waals surface area contributed by atoms with Gasteiger partial charge in [-0.1, -0.05) is 12.8 Å². The van der Waals surface area contributed by atoms with Gasteiger partial charge in [0.1, 0.15) is 6.04 Å². The molecule has 0 aromatic heterocycles. The standard InChI is InChI=1S/C13H22N2O4S/c1-9(16)14-11(13(18)19)6-7-20-8-12(17)15-10-4-2-3-5-10/h10-11H,2-8H2,1H3,(H,14,16)(H,15,17)(H,18,19). The largest absolute Gasteiger partial charge is 0.480 e. The fraction of sp³-hybridized carbons (Fsp3) is 0.769. The van der Waals surface area contributed by atoms with Gasteiger partial charge in [-0.25, -0.2) is 4.79 Å². The van der Waals surface area contributed by atoms with Crippen LogP contribution in [0.1, 0.15) is 39.0 Å². The second-order valence-corrected chi connectivity index (χ2v) is 6.09. The summed E-state index contributed by atoms with van der Waals surface area (Å²) >= 11 is 1.39. The van der Waals surface area contributed by atoms with Gasteiger partial charge in [0, 0.05) is 13.0 Å². The van der Waals surface area contributed by atoms with Crippen LogP contribution in [-0.4, -0.2) is 46.5 Å². The van der Waals surface area contributed by atoms with Crippen LogP contribution in [-0.2, 0) is 14.4 Å². The summed E-state index contributed by atoms with van der Waals surface area (Å²) < 4.78 is 0. The van der Waals surface area contributed by atoms with Crippen LogP contribution in [0.5, 0.6) is 0 Å². The summed E-state index contributed by atoms with van der Waals surface area (Å²) in [4.78, 5) is 33.4. The van der Waals surface area contributed by atoms with Crippen LogP contribution in [0.15, 0.2) is 0 Å². The third-order valence-electron chi connectivity index (χ3n) is 3.18. The number of thioether (sulfide) groups is 1. The Bertz CT molecular complexity index is 356. The van der Waals surface area contributed by atoms with Gasteiger partial charge in [0.05, 0.1) is 5.75 Å². The summed E-state index contributed by atoms with van der Waals surface area (Å²) in [6, 6.07) is -0.563. The number of carbonyl (C=O) groups is 3. The predicted molar refractivity (Wildman–Crippen MR) is 77.6 cm³/mol. The van der Waals surface area contributed by atoms with Crippen LogP contribution in [0.3, 0.4) is 0 Å². The first kappa shape index (κ1) is 16.8. The topological polar surface area (TPSA) is 95.5 Å². The van der Waals surface area contributed by atoms with Crippen molar-refractivity contribution in [3.63, 3.8) is 0 Å². The molecule has 0 heterocycles. The zero-order valence-electron chi connectivity index (χ0n) is 11.7. The lowest BCUT2D eigenvalue weighted by Gasteiger charge is -2.13. The molecule has 20 heavy (non-hydrogen) atoms. The van der Waals surface area contributed by atoms with Crippen molar-refractivity contribution >= 4 is 29.5 Å². The molecule has 0 aromatic rings. The van der Waals surface area contributed by atoms with Crippen LogP contribution in [0, 0.1) is 0 Å². The number of amides is 2. The van der Waals surface area contributed by atoms with Gasteiger partial charge in [0.2, 0.25) is 11.8 Å². The molecule has 2 amide bonds. The van der Waals surface area contributed by atoms with Crippen LogP contribution >= 0.6 is 11.8 Å². The normalized spacial score (nSPS) is 16.6. The van der Waals surface area contributed by atoms with Crippen LogP contribution in [0.2, 0.25) is 0 Å². The third kappa shape index (κ3) is 6.79. The minimum absolute atomic E-state index is 0.00769. The van der Waals surface area contributed by atoms with Gasteiger partial charge >= 0.3 is 5.97 Å². The molecular weight excluding hydrogens is 280 g/mol. The molecule has 0 radical (unpaired) electrons. The second kappa shape index (κ2) is 8.84. The molecule has 0 aromatic carbocycles. The van der Waals surface area contributed by atoms with Crippen molar-refractivity contribution < 1.29 is 19.5 Å². The van der Waals surface area contributed by atoms with Gasteiger partial charge in [-0.2, -0.15) is 11.8 Å². The van der Waals surface area contributed by atoms with Crippen molar-refractivity contribution in [2.24, 2.45) is 0 Å². The van der Waals surface area contributed by atoms with Gasteiger partial charge in [-0.3, -0.25) is 9.59 Å². The minimum Gasteiger partial charge on any atom is -0.480 e. The Labute approximate surface area is 123 Å². The van der Waals surface area contributed by atoms with Crippen molar-refractivity contribution in [3.05, 3.63) is 0 Å². The number of rotatable bonds is 8. The van der Waals surface area contributed by atoms with E-state index in [4.69, 9.17) is 5.11 Å². The Hall–Kier alpha value is -1.24. The molecule has 3 N–H and O–H groups in total. The molecule has 1 atom stereocenters. The SMILES string of the molecule is CC(=O)NC(CCSCC(=O)NC1CCCC1)C(=O)O. The smallest absolute Gasteiger partial charge is 0.326 e. The maximum atomic E-state index is 11.6. The minimum atomic E-state index is -1.05. The molecule has 1 fully saturated rings. The summed E-state index contributed by atoms with van der Waals surface area (Å²) in [5.41, 5.74) is 0. The van der Waals surface area contributed by atoms with E-state index in [1.807, 2.05) is 0 Å². The molecule has 1 aliphatic carbocycles. The molecule has 0 aliphatic heterocycles. The molecule has 1 unspecified atom stereocenters. The summed E-state index contributed by atoms with van der Waals surface area (Å²) in [5, 5.41) is 14.3. The van der Waals surface area contributed by atoms with Gasteiger partial charge in [0.25, 0.3) is 0 Å². The van der Waals surface area contributed by atoms with Crippen LogP contribution < -0.4 is 10.6 Å². The molecule has 114 valence electrons. The molecule has 1 aliphatic rings. The van der Waals surface area contributed by atoms with Crippen molar-refractivity contribution in [1.82, 2.24) is 10.6 Å². The number of nitrogens with one attached hydrogen (secondary N) is 2. The highest BCUT2D eigenvalue weighted by Crippen LogP contribution is 2.17. The Balaban J connectivity index is 2.14. The lowest BCUT2D eigenvalue weighted by Crippen LogP contribution is -2.40. The summed E-state index contributed by atoms with van der Waals surface area (Å²) in [6.07, 6.45) is 4.78. The Morgan fingerprint density at radius 2 is 1.95 bits per heavy atom. The van der Waals surface area contributed by atoms with Gasteiger partial charge in [-0.05, 0) is 25.0 Å². The van der Waals surface area contributed by atoms with Crippen LogP contribution in [0.25, 0.3) is 0 Å². The average molecular weight is 302 g/mol. The maximum Gasteiger partial charge on any atom is 0.326 e. The van der Waals surface area contributed by atoms with Gasteiger partial charge in [0.15, 0.2) is 0 Å². The molecule has 1 rings (SSSR count). The van der Waals surface area contributed by atoms with Gasteiger partial charge in [-0.15, -0.1) is 0 Å². The van der Waals surface area contributed by atoms with E-state index in [9.17, 15) is 14.4 Å². The molecule has 6 nitrogen and oxygen atoms in total. The Kier molecular flexibility index (Phi) is 7.43.